The van der Waals surface area contributed by atoms with Crippen molar-refractivity contribution in [3.8, 4) is 5.75 Å². The third-order valence-corrected chi connectivity index (χ3v) is 3.53. The van der Waals surface area contributed by atoms with Gasteiger partial charge in [-0.25, -0.2) is 0 Å². The highest BCUT2D eigenvalue weighted by Gasteiger charge is 2.25. The molecule has 0 unspecified atom stereocenters. The molecular weight excluding hydrogens is 280 g/mol. The van der Waals surface area contributed by atoms with Crippen molar-refractivity contribution in [3.05, 3.63) is 65.7 Å². The smallest absolute Gasteiger partial charge is 0.311 e. The first-order valence-corrected chi connectivity index (χ1v) is 7.14. The van der Waals surface area contributed by atoms with Gasteiger partial charge in [0.1, 0.15) is 12.4 Å². The topological polar surface area (TPSA) is 55.8 Å². The minimum absolute atomic E-state index is 0.208. The average Bonchev–Trinajstić information content (AvgIpc) is 2.59. The van der Waals surface area contributed by atoms with Gasteiger partial charge in [-0.1, -0.05) is 42.5 Å². The summed E-state index contributed by atoms with van der Waals surface area (Å²) in [5.41, 5.74) is 1.58. The Hall–Kier alpha value is -2.33. The number of aliphatic hydroxyl groups is 1. The number of rotatable bonds is 6. The molecule has 0 amide bonds. The second-order valence-corrected chi connectivity index (χ2v) is 5.10. The molecule has 0 radical (unpaired) electrons. The number of hydrogen-bond acceptors (Lipinski definition) is 4. The van der Waals surface area contributed by atoms with Crippen molar-refractivity contribution in [2.24, 2.45) is 5.92 Å². The molecule has 0 spiro atoms. The summed E-state index contributed by atoms with van der Waals surface area (Å²) >= 11 is 0. The van der Waals surface area contributed by atoms with Crippen LogP contribution in [0.3, 0.4) is 0 Å². The Morgan fingerprint density at radius 2 is 1.73 bits per heavy atom. The maximum absolute atomic E-state index is 12.0. The Bertz CT molecular complexity index is 592. The highest BCUT2D eigenvalue weighted by Crippen LogP contribution is 2.25. The molecule has 0 aromatic heterocycles. The van der Waals surface area contributed by atoms with Crippen LogP contribution in [0.5, 0.6) is 5.75 Å². The molecule has 2 rings (SSSR count). The molecule has 0 heterocycles. The van der Waals surface area contributed by atoms with Gasteiger partial charge in [0.05, 0.1) is 19.1 Å². The van der Waals surface area contributed by atoms with Crippen LogP contribution in [0, 0.1) is 5.92 Å². The summed E-state index contributed by atoms with van der Waals surface area (Å²) in [4.78, 5) is 12.0. The first-order valence-electron chi connectivity index (χ1n) is 7.14. The van der Waals surface area contributed by atoms with E-state index in [1.807, 2.05) is 30.3 Å². The standard InChI is InChI=1S/C18H20O4/c1-13(17(19)15-8-10-16(21-2)11-9-15)18(20)22-12-14-6-4-3-5-7-14/h3-11,13,17,19H,12H2,1-2H3/t13-,17-/m0/s1. The predicted octanol–water partition coefficient (Wildman–Crippen LogP) is 3.11. The number of esters is 1. The zero-order valence-corrected chi connectivity index (χ0v) is 12.7. The molecule has 0 aliphatic heterocycles. The maximum atomic E-state index is 12.0. The fourth-order valence-electron chi connectivity index (χ4n) is 2.08. The number of benzene rings is 2. The fraction of sp³-hybridized carbons (Fsp3) is 0.278. The first kappa shape index (κ1) is 16.0. The van der Waals surface area contributed by atoms with Gasteiger partial charge in [0, 0.05) is 0 Å². The van der Waals surface area contributed by atoms with E-state index < -0.39 is 18.0 Å². The second-order valence-electron chi connectivity index (χ2n) is 5.10. The van der Waals surface area contributed by atoms with Gasteiger partial charge in [-0.2, -0.15) is 0 Å². The number of ether oxygens (including phenoxy) is 2. The summed E-state index contributed by atoms with van der Waals surface area (Å²) in [6, 6.07) is 16.4. The van der Waals surface area contributed by atoms with Crippen LogP contribution >= 0.6 is 0 Å². The summed E-state index contributed by atoms with van der Waals surface area (Å²) in [7, 11) is 1.58. The van der Waals surface area contributed by atoms with Crippen molar-refractivity contribution in [2.75, 3.05) is 7.11 Å². The molecule has 0 fully saturated rings. The zero-order valence-electron chi connectivity index (χ0n) is 12.7. The highest BCUT2D eigenvalue weighted by atomic mass is 16.5. The maximum Gasteiger partial charge on any atom is 0.311 e. The Morgan fingerprint density at radius 1 is 1.09 bits per heavy atom. The lowest BCUT2D eigenvalue weighted by Gasteiger charge is -2.18. The van der Waals surface area contributed by atoms with E-state index in [-0.39, 0.29) is 6.61 Å². The number of carbonyl (C=O) groups excluding carboxylic acids is 1. The van der Waals surface area contributed by atoms with Crippen LogP contribution < -0.4 is 4.74 Å². The molecule has 2 atom stereocenters. The molecule has 0 aliphatic carbocycles. The molecule has 0 saturated carbocycles. The van der Waals surface area contributed by atoms with Gasteiger partial charge in [0.2, 0.25) is 0 Å². The number of carbonyl (C=O) groups is 1. The van der Waals surface area contributed by atoms with Crippen LogP contribution in [0.1, 0.15) is 24.2 Å². The number of hydrogen-bond donors (Lipinski definition) is 1. The van der Waals surface area contributed by atoms with Gasteiger partial charge in [-0.3, -0.25) is 4.79 Å². The lowest BCUT2D eigenvalue weighted by Crippen LogP contribution is -2.21. The van der Waals surface area contributed by atoms with E-state index in [4.69, 9.17) is 9.47 Å². The summed E-state index contributed by atoms with van der Waals surface area (Å²) < 4.78 is 10.3. The van der Waals surface area contributed by atoms with E-state index in [0.29, 0.717) is 11.3 Å². The minimum Gasteiger partial charge on any atom is -0.497 e. The third-order valence-electron chi connectivity index (χ3n) is 3.53. The lowest BCUT2D eigenvalue weighted by molar-refractivity contribution is -0.153. The van der Waals surface area contributed by atoms with Crippen LogP contribution in [0.2, 0.25) is 0 Å². The van der Waals surface area contributed by atoms with E-state index >= 15 is 0 Å². The molecule has 116 valence electrons. The van der Waals surface area contributed by atoms with Crippen molar-refractivity contribution in [3.63, 3.8) is 0 Å². The molecule has 22 heavy (non-hydrogen) atoms. The summed E-state index contributed by atoms with van der Waals surface area (Å²) in [5.74, 6) is -0.362. The van der Waals surface area contributed by atoms with Crippen LogP contribution in [0.4, 0.5) is 0 Å². The highest BCUT2D eigenvalue weighted by molar-refractivity contribution is 5.73. The molecule has 0 saturated heterocycles. The largest absolute Gasteiger partial charge is 0.497 e. The van der Waals surface area contributed by atoms with Crippen molar-refractivity contribution in [1.29, 1.82) is 0 Å². The monoisotopic (exact) mass is 300 g/mol. The third kappa shape index (κ3) is 4.09. The van der Waals surface area contributed by atoms with Gasteiger partial charge in [0.15, 0.2) is 0 Å². The minimum atomic E-state index is -0.908. The van der Waals surface area contributed by atoms with E-state index in [1.54, 1.807) is 38.3 Å². The molecule has 4 nitrogen and oxygen atoms in total. The summed E-state index contributed by atoms with van der Waals surface area (Å²) in [6.07, 6.45) is -0.908. The second kappa shape index (κ2) is 7.61. The molecule has 2 aromatic carbocycles. The molecule has 1 N–H and O–H groups in total. The van der Waals surface area contributed by atoms with E-state index in [2.05, 4.69) is 0 Å². The molecular formula is C18H20O4. The summed E-state index contributed by atoms with van der Waals surface area (Å²) in [6.45, 7) is 1.86. The normalized spacial score (nSPS) is 13.2. The Morgan fingerprint density at radius 3 is 2.32 bits per heavy atom. The van der Waals surface area contributed by atoms with Crippen molar-refractivity contribution >= 4 is 5.97 Å². The van der Waals surface area contributed by atoms with E-state index in [0.717, 1.165) is 5.56 Å². The molecule has 4 heteroatoms. The quantitative estimate of drug-likeness (QED) is 0.833. The lowest BCUT2D eigenvalue weighted by atomic mass is 9.97. The first-order chi connectivity index (χ1) is 10.6. The van der Waals surface area contributed by atoms with Gasteiger partial charge in [0.25, 0.3) is 0 Å². The SMILES string of the molecule is COc1ccc([C@@H](O)[C@H](C)C(=O)OCc2ccccc2)cc1. The predicted molar refractivity (Wildman–Crippen MR) is 83.4 cm³/mol. The Labute approximate surface area is 130 Å². The molecule has 2 aromatic rings. The summed E-state index contributed by atoms with van der Waals surface area (Å²) in [5, 5.41) is 10.3. The number of methoxy groups -OCH3 is 1. The average molecular weight is 300 g/mol. The number of aliphatic hydroxyl groups excluding tert-OH is 1. The van der Waals surface area contributed by atoms with Gasteiger partial charge in [-0.05, 0) is 30.2 Å². The molecule has 0 aliphatic rings. The van der Waals surface area contributed by atoms with Crippen molar-refractivity contribution < 1.29 is 19.4 Å². The van der Waals surface area contributed by atoms with E-state index in [1.165, 1.54) is 0 Å². The van der Waals surface area contributed by atoms with Crippen molar-refractivity contribution in [1.82, 2.24) is 0 Å². The van der Waals surface area contributed by atoms with E-state index in [9.17, 15) is 9.90 Å². The van der Waals surface area contributed by atoms with Crippen LogP contribution in [0.25, 0.3) is 0 Å². The fourth-order valence-corrected chi connectivity index (χ4v) is 2.08. The van der Waals surface area contributed by atoms with Crippen LogP contribution in [-0.4, -0.2) is 18.2 Å². The van der Waals surface area contributed by atoms with Crippen LogP contribution in [0.15, 0.2) is 54.6 Å². The zero-order chi connectivity index (χ0) is 15.9. The van der Waals surface area contributed by atoms with Gasteiger partial charge in [-0.15, -0.1) is 0 Å². The Kier molecular flexibility index (Phi) is 5.55. The molecule has 0 bridgehead atoms. The Balaban J connectivity index is 1.93. The van der Waals surface area contributed by atoms with Crippen LogP contribution in [-0.2, 0) is 16.1 Å². The van der Waals surface area contributed by atoms with Gasteiger partial charge < -0.3 is 14.6 Å². The van der Waals surface area contributed by atoms with Crippen molar-refractivity contribution in [2.45, 2.75) is 19.6 Å². The van der Waals surface area contributed by atoms with Gasteiger partial charge >= 0.3 is 5.97 Å².